The Kier molecular flexibility index (Phi) is 20.6. The van der Waals surface area contributed by atoms with E-state index in [1.165, 1.54) is 0 Å². The van der Waals surface area contributed by atoms with E-state index in [-0.39, 0.29) is 21.7 Å². The van der Waals surface area contributed by atoms with Crippen molar-refractivity contribution in [3.63, 3.8) is 0 Å². The molecule has 0 saturated heterocycles. The minimum Gasteiger partial charge on any atom is -0.668 e. The van der Waals surface area contributed by atoms with E-state index in [9.17, 15) is 0 Å². The number of amidine groups is 2. The molecule has 0 atom stereocenters. The number of nitrogens with zero attached hydrogens (tertiary/aromatic N) is 6. The zero-order valence-corrected chi connectivity index (χ0v) is 30.0. The first-order valence-corrected chi connectivity index (χ1v) is 15.4. The van der Waals surface area contributed by atoms with Gasteiger partial charge in [-0.25, -0.2) is 0 Å². The maximum atomic E-state index is 5.32. The zero-order chi connectivity index (χ0) is 34.1. The van der Waals surface area contributed by atoms with Crippen LogP contribution in [0.15, 0.2) is 177 Å². The molecule has 49 heavy (non-hydrogen) atoms. The molecule has 0 radical (unpaired) electrons. The quantitative estimate of drug-likeness (QED) is 0.0902. The van der Waals surface area contributed by atoms with Crippen LogP contribution in [0.5, 0.6) is 0 Å². The van der Waals surface area contributed by atoms with E-state index in [0.29, 0.717) is 24.8 Å². The fourth-order valence-electron chi connectivity index (χ4n) is 3.92. The van der Waals surface area contributed by atoms with Crippen molar-refractivity contribution in [3.8, 4) is 0 Å². The maximum Gasteiger partial charge on any atom is 4.00 e. The molecule has 0 fully saturated rings. The van der Waals surface area contributed by atoms with Crippen molar-refractivity contribution < 1.29 is 30.6 Å². The second-order valence-corrected chi connectivity index (χ2v) is 9.96. The molecule has 4 aromatic carbocycles. The number of aliphatic imine (C=N–C) groups is 2. The van der Waals surface area contributed by atoms with E-state index in [1.54, 1.807) is 40.7 Å². The number of hydrogen-bond acceptors (Lipinski definition) is 4. The molecule has 0 saturated carbocycles. The zero-order valence-electron chi connectivity index (χ0n) is 28.4. The average Bonchev–Trinajstić information content (AvgIpc) is 3.87. The fraction of sp³-hybridized carbons (Fsp3) is 0.150. The van der Waals surface area contributed by atoms with Gasteiger partial charge < -0.3 is 40.1 Å². The minimum atomic E-state index is 0. The molecule has 8 nitrogen and oxygen atoms in total. The molecule has 0 aliphatic carbocycles. The maximum absolute atomic E-state index is 5.32. The summed E-state index contributed by atoms with van der Waals surface area (Å²) in [5, 5.41) is 16.3. The standard InChI is InChI=1S/2C18H15N2O.2C2H6N.Ti/c2*1-3-8-15(9-4-1)18(19-14-17-12-7-13-21-17)20-16-10-5-2-6-11-16;2*1-3-2;/h2*1-13H,14H2;2*1-2H3;/q4*-1;+4. The van der Waals surface area contributed by atoms with E-state index in [2.05, 4.69) is 31.3 Å². The molecule has 0 aliphatic rings. The Morgan fingerprint density at radius 1 is 0.449 bits per heavy atom. The molecule has 0 unspecified atom stereocenters. The van der Waals surface area contributed by atoms with E-state index in [4.69, 9.17) is 8.83 Å². The number of furan rings is 2. The van der Waals surface area contributed by atoms with Crippen LogP contribution in [0, 0.1) is 0 Å². The van der Waals surface area contributed by atoms with E-state index >= 15 is 0 Å². The Bertz CT molecular complexity index is 1550. The molecule has 0 bridgehead atoms. The van der Waals surface area contributed by atoms with Crippen molar-refractivity contribution in [1.29, 1.82) is 0 Å². The molecule has 2 heterocycles. The van der Waals surface area contributed by atoms with Gasteiger partial charge in [-0.05, 0) is 46.8 Å². The molecule has 248 valence electrons. The second-order valence-electron chi connectivity index (χ2n) is 9.96. The summed E-state index contributed by atoms with van der Waals surface area (Å²) in [6.07, 6.45) is 3.31. The number of hydrogen-bond donors (Lipinski definition) is 0. The van der Waals surface area contributed by atoms with Crippen LogP contribution < -0.4 is 0 Å². The summed E-state index contributed by atoms with van der Waals surface area (Å²) in [4.78, 5) is 9.18. The van der Waals surface area contributed by atoms with Crippen LogP contribution in [0.1, 0.15) is 22.6 Å². The van der Waals surface area contributed by atoms with Crippen molar-refractivity contribution in [1.82, 2.24) is 0 Å². The van der Waals surface area contributed by atoms with Gasteiger partial charge in [0, 0.05) is 13.1 Å². The predicted octanol–water partition coefficient (Wildman–Crippen LogP) is 11.1. The largest absolute Gasteiger partial charge is 4.00 e. The van der Waals surface area contributed by atoms with Crippen molar-refractivity contribution >= 4 is 23.0 Å². The van der Waals surface area contributed by atoms with Crippen LogP contribution in [0.25, 0.3) is 21.3 Å². The summed E-state index contributed by atoms with van der Waals surface area (Å²) < 4.78 is 10.6. The van der Waals surface area contributed by atoms with Gasteiger partial charge in [-0.3, -0.25) is 0 Å². The summed E-state index contributed by atoms with van der Waals surface area (Å²) in [6, 6.07) is 47.1. The third-order valence-electron chi connectivity index (χ3n) is 5.98. The van der Waals surface area contributed by atoms with Crippen LogP contribution >= 0.6 is 0 Å². The van der Waals surface area contributed by atoms with Crippen LogP contribution in [-0.4, -0.2) is 39.9 Å². The number of para-hydroxylation sites is 2. The van der Waals surface area contributed by atoms with Crippen LogP contribution in [0.4, 0.5) is 11.4 Å². The minimum absolute atomic E-state index is 0. The second kappa shape index (κ2) is 25.1. The molecular weight excluding hydrogens is 644 g/mol. The van der Waals surface area contributed by atoms with Gasteiger partial charge in [-0.2, -0.15) is 28.2 Å². The number of benzene rings is 4. The van der Waals surface area contributed by atoms with Gasteiger partial charge in [0.1, 0.15) is 11.5 Å². The van der Waals surface area contributed by atoms with Gasteiger partial charge in [0.25, 0.3) is 0 Å². The van der Waals surface area contributed by atoms with Gasteiger partial charge in [0.2, 0.25) is 0 Å². The third kappa shape index (κ3) is 16.1. The molecule has 6 rings (SSSR count). The van der Waals surface area contributed by atoms with E-state index in [1.807, 2.05) is 146 Å². The van der Waals surface area contributed by atoms with Crippen molar-refractivity contribution in [3.05, 3.63) is 202 Å². The normalized spacial score (nSPS) is 10.4. The molecule has 0 spiro atoms. The summed E-state index contributed by atoms with van der Waals surface area (Å²) >= 11 is 0. The van der Waals surface area contributed by atoms with Gasteiger partial charge in [-0.15, -0.1) is 0 Å². The van der Waals surface area contributed by atoms with Crippen LogP contribution in [0.2, 0.25) is 0 Å². The predicted molar refractivity (Wildman–Crippen MR) is 200 cm³/mol. The topological polar surface area (TPSA) is 107 Å². The van der Waals surface area contributed by atoms with Crippen molar-refractivity contribution in [2.75, 3.05) is 28.2 Å². The van der Waals surface area contributed by atoms with Crippen LogP contribution in [0.3, 0.4) is 0 Å². The molecular formula is C40H42N6O2Ti. The summed E-state index contributed by atoms with van der Waals surface area (Å²) in [5.41, 5.74) is 3.76. The molecule has 0 N–H and O–H groups in total. The van der Waals surface area contributed by atoms with Crippen LogP contribution in [-0.2, 0) is 34.8 Å². The summed E-state index contributed by atoms with van der Waals surface area (Å²) in [6.45, 7) is 0.959. The Labute approximate surface area is 305 Å². The van der Waals surface area contributed by atoms with E-state index < -0.39 is 0 Å². The smallest absolute Gasteiger partial charge is 0.668 e. The monoisotopic (exact) mass is 686 g/mol. The Balaban J connectivity index is 0.000000288. The van der Waals surface area contributed by atoms with Gasteiger partial charge in [-0.1, -0.05) is 133 Å². The molecule has 6 aromatic rings. The molecule has 2 aromatic heterocycles. The Morgan fingerprint density at radius 3 is 1.04 bits per heavy atom. The van der Waals surface area contributed by atoms with Gasteiger partial charge >= 0.3 is 21.7 Å². The first-order chi connectivity index (χ1) is 23.7. The summed E-state index contributed by atoms with van der Waals surface area (Å²) in [5.74, 6) is 3.06. The van der Waals surface area contributed by atoms with Crippen molar-refractivity contribution in [2.24, 2.45) is 9.98 Å². The Morgan fingerprint density at radius 2 is 0.755 bits per heavy atom. The van der Waals surface area contributed by atoms with Gasteiger partial charge in [0.15, 0.2) is 0 Å². The first-order valence-electron chi connectivity index (χ1n) is 15.4. The molecule has 0 aliphatic heterocycles. The molecule has 0 amide bonds. The van der Waals surface area contributed by atoms with Gasteiger partial charge in [0.05, 0.1) is 12.5 Å². The third-order valence-corrected chi connectivity index (χ3v) is 5.98. The first kappa shape index (κ1) is 40.2. The van der Waals surface area contributed by atoms with E-state index in [0.717, 1.165) is 34.0 Å². The average molecular weight is 687 g/mol. The number of rotatable bonds is 8. The SMILES string of the molecule is C[N-]C.C[N-]C.[Ti+4].c1ccc([N-]C(=NCc2ccco2)c2ccccc2)cc1.c1ccc([N-]C(=NCc2ccco2)c2ccccc2)cc1. The Hall–Kier alpha value is -4.99. The molecule has 9 heteroatoms. The van der Waals surface area contributed by atoms with Crippen molar-refractivity contribution in [2.45, 2.75) is 13.1 Å². The fourth-order valence-corrected chi connectivity index (χ4v) is 3.92. The summed E-state index contributed by atoms with van der Waals surface area (Å²) in [7, 11) is 7.00.